The van der Waals surface area contributed by atoms with Gasteiger partial charge in [0, 0.05) is 6.04 Å². The molecule has 1 amide bonds. The third-order valence-electron chi connectivity index (χ3n) is 5.06. The van der Waals surface area contributed by atoms with Crippen LogP contribution in [0.2, 0.25) is 0 Å². The predicted molar refractivity (Wildman–Crippen MR) is 109 cm³/mol. The van der Waals surface area contributed by atoms with Crippen molar-refractivity contribution in [1.29, 1.82) is 5.26 Å². The first-order valence-electron chi connectivity index (χ1n) is 9.08. The van der Waals surface area contributed by atoms with Crippen LogP contribution in [0.3, 0.4) is 0 Å². The number of nitrogens with zero attached hydrogens (tertiary/aromatic N) is 1. The summed E-state index contributed by atoms with van der Waals surface area (Å²) in [4.78, 5) is 11.8. The normalized spacial score (nSPS) is 22.0. The fourth-order valence-corrected chi connectivity index (χ4v) is 4.53. The van der Waals surface area contributed by atoms with Gasteiger partial charge in [0.2, 0.25) is 10.0 Å². The minimum Gasteiger partial charge on any atom is -0.358 e. The smallest absolute Gasteiger partial charge is 0.253 e. The van der Waals surface area contributed by atoms with Gasteiger partial charge < -0.3 is 5.32 Å². The number of nitriles is 1. The summed E-state index contributed by atoms with van der Waals surface area (Å²) in [5.41, 5.74) is 4.97. The van der Waals surface area contributed by atoms with E-state index in [1.165, 1.54) is 24.6 Å². The molecule has 28 heavy (non-hydrogen) atoms. The Morgan fingerprint density at radius 1 is 1.25 bits per heavy atom. The van der Waals surface area contributed by atoms with Crippen molar-refractivity contribution >= 4 is 33.3 Å². The van der Waals surface area contributed by atoms with Gasteiger partial charge in [0.15, 0.2) is 5.11 Å². The summed E-state index contributed by atoms with van der Waals surface area (Å²) in [6.07, 6.45) is 3.34. The third-order valence-corrected chi connectivity index (χ3v) is 6.74. The van der Waals surface area contributed by atoms with Gasteiger partial charge in [0.1, 0.15) is 6.07 Å². The molecule has 0 radical (unpaired) electrons. The Morgan fingerprint density at radius 3 is 2.68 bits per heavy atom. The van der Waals surface area contributed by atoms with E-state index in [0.717, 1.165) is 12.8 Å². The van der Waals surface area contributed by atoms with E-state index in [4.69, 9.17) is 17.5 Å². The van der Waals surface area contributed by atoms with Crippen LogP contribution in [0.5, 0.6) is 0 Å². The van der Waals surface area contributed by atoms with E-state index in [0.29, 0.717) is 11.8 Å². The molecule has 0 heterocycles. The zero-order valence-corrected chi connectivity index (χ0v) is 17.5. The number of carbonyl (C=O) groups excluding carboxylic acids is 1. The van der Waals surface area contributed by atoms with Crippen molar-refractivity contribution in [2.75, 3.05) is 6.54 Å². The molecule has 1 fully saturated rings. The molecule has 1 saturated carbocycles. The van der Waals surface area contributed by atoms with Crippen LogP contribution in [-0.4, -0.2) is 32.0 Å². The van der Waals surface area contributed by atoms with Gasteiger partial charge in [0.25, 0.3) is 5.91 Å². The van der Waals surface area contributed by atoms with Crippen LogP contribution in [0.15, 0.2) is 29.2 Å². The Balaban J connectivity index is 1.81. The Hall–Kier alpha value is -2.22. The van der Waals surface area contributed by atoms with Crippen molar-refractivity contribution in [3.05, 3.63) is 29.8 Å². The van der Waals surface area contributed by atoms with E-state index in [1.807, 2.05) is 6.07 Å². The monoisotopic (exact) mass is 423 g/mol. The fourth-order valence-electron chi connectivity index (χ4n) is 3.19. The van der Waals surface area contributed by atoms with Gasteiger partial charge in [-0.15, -0.1) is 0 Å². The van der Waals surface area contributed by atoms with Gasteiger partial charge in [-0.2, -0.15) is 5.26 Å². The highest BCUT2D eigenvalue weighted by molar-refractivity contribution is 7.89. The minimum absolute atomic E-state index is 0.00902. The number of thiocarbonyl (C=S) groups is 1. The van der Waals surface area contributed by atoms with Crippen LogP contribution in [0, 0.1) is 23.2 Å². The van der Waals surface area contributed by atoms with Crippen molar-refractivity contribution in [1.82, 2.24) is 20.9 Å². The van der Waals surface area contributed by atoms with Crippen LogP contribution < -0.4 is 20.9 Å². The summed E-state index contributed by atoms with van der Waals surface area (Å²) < 4.78 is 26.7. The van der Waals surface area contributed by atoms with Gasteiger partial charge in [-0.05, 0) is 42.6 Å². The molecular formula is C18H25N5O3S2. The molecule has 0 spiro atoms. The quantitative estimate of drug-likeness (QED) is 0.414. The molecular weight excluding hydrogens is 398 g/mol. The standard InChI is InChI=1S/C18H25N5O3S2/c1-12-6-5-8-15(13(12)2)21-18(27)23-22-17(24)11-20-28(25,26)16-9-4-3-7-14(16)10-19/h3-4,7,9,12-13,15,20H,5-6,8,11H2,1-2H3,(H,22,24)(H2,21,23,27)/t12-,13-,15+/m1/s1. The highest BCUT2D eigenvalue weighted by Crippen LogP contribution is 2.29. The maximum absolute atomic E-state index is 12.3. The number of hydrazine groups is 1. The Kier molecular flexibility index (Phi) is 7.74. The SMILES string of the molecule is C[C@@H]1[C@H](C)CCC[C@@H]1NC(=S)NNC(=O)CNS(=O)(=O)c1ccccc1C#N. The van der Waals surface area contributed by atoms with Gasteiger partial charge >= 0.3 is 0 Å². The first kappa shape index (κ1) is 22.1. The van der Waals surface area contributed by atoms with E-state index < -0.39 is 22.5 Å². The highest BCUT2D eigenvalue weighted by Gasteiger charge is 2.27. The molecule has 10 heteroatoms. The molecule has 0 unspecified atom stereocenters. The van der Waals surface area contributed by atoms with Gasteiger partial charge in [-0.25, -0.2) is 13.1 Å². The van der Waals surface area contributed by atoms with Crippen LogP contribution >= 0.6 is 12.2 Å². The maximum atomic E-state index is 12.3. The van der Waals surface area contributed by atoms with E-state index in [1.54, 1.807) is 6.07 Å². The van der Waals surface area contributed by atoms with E-state index in [2.05, 4.69) is 34.7 Å². The number of amides is 1. The molecule has 0 bridgehead atoms. The number of nitrogens with one attached hydrogen (secondary N) is 4. The van der Waals surface area contributed by atoms with Crippen LogP contribution in [0.1, 0.15) is 38.7 Å². The lowest BCUT2D eigenvalue weighted by Gasteiger charge is -2.35. The highest BCUT2D eigenvalue weighted by atomic mass is 32.2. The lowest BCUT2D eigenvalue weighted by atomic mass is 9.78. The van der Waals surface area contributed by atoms with E-state index in [9.17, 15) is 13.2 Å². The lowest BCUT2D eigenvalue weighted by molar-refractivity contribution is -0.120. The summed E-state index contributed by atoms with van der Waals surface area (Å²) in [6, 6.07) is 7.83. The number of benzene rings is 1. The van der Waals surface area contributed by atoms with Crippen LogP contribution in [-0.2, 0) is 14.8 Å². The van der Waals surface area contributed by atoms with Crippen LogP contribution in [0.25, 0.3) is 0 Å². The van der Waals surface area contributed by atoms with Gasteiger partial charge in [0.05, 0.1) is 17.0 Å². The second-order valence-corrected chi connectivity index (χ2v) is 9.10. The zero-order chi connectivity index (χ0) is 20.7. The van der Waals surface area contributed by atoms with E-state index >= 15 is 0 Å². The van der Waals surface area contributed by atoms with Gasteiger partial charge in [-0.3, -0.25) is 15.6 Å². The maximum Gasteiger partial charge on any atom is 0.253 e. The van der Waals surface area contributed by atoms with Crippen LogP contribution in [0.4, 0.5) is 0 Å². The summed E-state index contributed by atoms with van der Waals surface area (Å²) in [6.45, 7) is 3.90. The third kappa shape index (κ3) is 5.89. The number of hydrogen-bond donors (Lipinski definition) is 4. The molecule has 0 aromatic heterocycles. The molecule has 1 aromatic carbocycles. The summed E-state index contributed by atoms with van der Waals surface area (Å²) >= 11 is 5.20. The lowest BCUT2D eigenvalue weighted by Crippen LogP contribution is -2.53. The minimum atomic E-state index is -3.98. The molecule has 8 nitrogen and oxygen atoms in total. The van der Waals surface area contributed by atoms with Crippen molar-refractivity contribution in [3.63, 3.8) is 0 Å². The molecule has 4 N–H and O–H groups in total. The average molecular weight is 424 g/mol. The van der Waals surface area contributed by atoms with E-state index in [-0.39, 0.29) is 21.6 Å². The second-order valence-electron chi connectivity index (χ2n) is 6.95. The molecule has 152 valence electrons. The van der Waals surface area contributed by atoms with Crippen molar-refractivity contribution < 1.29 is 13.2 Å². The Bertz CT molecular complexity index is 866. The molecule has 1 aliphatic carbocycles. The number of carbonyl (C=O) groups is 1. The first-order valence-corrected chi connectivity index (χ1v) is 11.0. The number of hydrogen-bond acceptors (Lipinski definition) is 5. The number of rotatable bonds is 5. The fraction of sp³-hybridized carbons (Fsp3) is 0.500. The predicted octanol–water partition coefficient (Wildman–Crippen LogP) is 1.16. The second kappa shape index (κ2) is 9.82. The number of sulfonamides is 1. The Labute approximate surface area is 171 Å². The molecule has 1 aromatic rings. The summed E-state index contributed by atoms with van der Waals surface area (Å²) in [5.74, 6) is 0.470. The largest absolute Gasteiger partial charge is 0.358 e. The first-order chi connectivity index (χ1) is 13.2. The molecule has 3 atom stereocenters. The molecule has 0 aliphatic heterocycles. The molecule has 0 saturated heterocycles. The van der Waals surface area contributed by atoms with Gasteiger partial charge in [-0.1, -0.05) is 38.8 Å². The van der Waals surface area contributed by atoms with Crippen molar-refractivity contribution in [2.45, 2.75) is 44.0 Å². The summed E-state index contributed by atoms with van der Waals surface area (Å²) in [5, 5.41) is 12.5. The average Bonchev–Trinajstić information content (AvgIpc) is 2.68. The van der Waals surface area contributed by atoms with Crippen molar-refractivity contribution in [3.8, 4) is 6.07 Å². The zero-order valence-electron chi connectivity index (χ0n) is 15.9. The Morgan fingerprint density at radius 2 is 1.96 bits per heavy atom. The van der Waals surface area contributed by atoms with Crippen molar-refractivity contribution in [2.24, 2.45) is 11.8 Å². The summed E-state index contributed by atoms with van der Waals surface area (Å²) in [7, 11) is -3.98. The molecule has 2 rings (SSSR count). The topological polar surface area (TPSA) is 123 Å². The molecule has 1 aliphatic rings.